The number of aryl methyl sites for hydroxylation is 3. The molecule has 5 heteroatoms. The average Bonchev–Trinajstić information content (AvgIpc) is 3.65. The molecule has 3 aromatic rings. The van der Waals surface area contributed by atoms with Crippen molar-refractivity contribution in [1.82, 2.24) is 14.9 Å². The number of hydrogen-bond acceptors (Lipinski definition) is 3. The summed E-state index contributed by atoms with van der Waals surface area (Å²) in [6, 6.07) is 15.3. The zero-order valence-corrected chi connectivity index (χ0v) is 26.7. The molecule has 0 N–H and O–H groups in total. The van der Waals surface area contributed by atoms with E-state index in [1.807, 2.05) is 0 Å². The van der Waals surface area contributed by atoms with Gasteiger partial charge < -0.3 is 4.90 Å². The normalized spacial score (nSPS) is 21.1. The number of amidine groups is 1. The molecule has 0 bridgehead atoms. The molecule has 0 amide bonds. The molecule has 4 nitrogen and oxygen atoms in total. The number of aliphatic imine (C=N–C) groups is 1. The summed E-state index contributed by atoms with van der Waals surface area (Å²) in [6.07, 6.45) is 13.7. The van der Waals surface area contributed by atoms with E-state index in [1.54, 1.807) is 12.3 Å². The Balaban J connectivity index is 1.29. The fraction of sp³-hybridized carbons (Fsp3) is 0.500. The fourth-order valence-electron chi connectivity index (χ4n) is 6.95. The van der Waals surface area contributed by atoms with E-state index in [0.717, 1.165) is 68.3 Å². The molecule has 3 heterocycles. The molecular formula is C38H49FN4. The number of hydrogen-bond donors (Lipinski definition) is 0. The molecule has 228 valence electrons. The highest BCUT2D eigenvalue weighted by Gasteiger charge is 2.52. The average molecular weight is 581 g/mol. The van der Waals surface area contributed by atoms with E-state index < -0.39 is 0 Å². The van der Waals surface area contributed by atoms with Crippen molar-refractivity contribution < 1.29 is 4.39 Å². The Morgan fingerprint density at radius 3 is 2.63 bits per heavy atom. The Hall–Kier alpha value is -3.34. The molecule has 4 unspecified atom stereocenters. The maximum atomic E-state index is 14.1. The van der Waals surface area contributed by atoms with E-state index in [9.17, 15) is 4.39 Å². The van der Waals surface area contributed by atoms with E-state index in [0.29, 0.717) is 23.9 Å². The summed E-state index contributed by atoms with van der Waals surface area (Å²) in [6.45, 7) is 14.3. The molecule has 5 rings (SSSR count). The van der Waals surface area contributed by atoms with E-state index in [2.05, 4.69) is 80.6 Å². The number of benzene rings is 1. The monoisotopic (exact) mass is 580 g/mol. The lowest BCUT2D eigenvalue weighted by atomic mass is 9.70. The number of allylic oxidation sites excluding steroid dienone is 1. The molecule has 0 radical (unpaired) electrons. The number of nitrogens with zero attached hydrogens (tertiary/aromatic N) is 4. The van der Waals surface area contributed by atoms with Gasteiger partial charge in [0.2, 0.25) is 0 Å². The van der Waals surface area contributed by atoms with Gasteiger partial charge >= 0.3 is 0 Å². The van der Waals surface area contributed by atoms with Crippen molar-refractivity contribution in [3.8, 4) is 0 Å². The zero-order valence-electron chi connectivity index (χ0n) is 26.7. The van der Waals surface area contributed by atoms with Crippen LogP contribution in [0.25, 0.3) is 5.57 Å². The topological polar surface area (TPSA) is 41.1 Å². The van der Waals surface area contributed by atoms with Crippen molar-refractivity contribution in [3.05, 3.63) is 95.3 Å². The second-order valence-corrected chi connectivity index (χ2v) is 12.7. The van der Waals surface area contributed by atoms with Crippen LogP contribution in [0.1, 0.15) is 106 Å². The van der Waals surface area contributed by atoms with Crippen LogP contribution in [0.15, 0.2) is 66.4 Å². The molecule has 2 aromatic heterocycles. The Morgan fingerprint density at radius 2 is 1.93 bits per heavy atom. The molecule has 43 heavy (non-hydrogen) atoms. The van der Waals surface area contributed by atoms with Gasteiger partial charge in [-0.1, -0.05) is 58.7 Å². The van der Waals surface area contributed by atoms with E-state index in [-0.39, 0.29) is 5.82 Å². The molecule has 0 spiro atoms. The smallest absolute Gasteiger partial charge is 0.144 e. The third-order valence-corrected chi connectivity index (χ3v) is 9.73. The number of pyridine rings is 2. The van der Waals surface area contributed by atoms with Crippen molar-refractivity contribution in [2.75, 3.05) is 6.54 Å². The number of rotatable bonds is 15. The van der Waals surface area contributed by atoms with Crippen molar-refractivity contribution >= 4 is 17.1 Å². The molecule has 4 atom stereocenters. The Labute approximate surface area is 258 Å². The van der Waals surface area contributed by atoms with Crippen LogP contribution in [0.3, 0.4) is 0 Å². The predicted octanol–water partition coefficient (Wildman–Crippen LogP) is 9.65. The fourth-order valence-corrected chi connectivity index (χ4v) is 6.95. The number of aromatic nitrogens is 2. The van der Waals surface area contributed by atoms with Gasteiger partial charge in [0.25, 0.3) is 0 Å². The van der Waals surface area contributed by atoms with Crippen LogP contribution < -0.4 is 0 Å². The SMILES string of the molecule is C=C(CCC)c1ccc(N=C2C(C3CCC3CC)N2CCC(CCC)c2cccc(CCc3ccncc3F)n2)c(C)c1. The third-order valence-electron chi connectivity index (χ3n) is 9.73. The van der Waals surface area contributed by atoms with Gasteiger partial charge in [-0.2, -0.15) is 0 Å². The van der Waals surface area contributed by atoms with Gasteiger partial charge in [-0.05, 0) is 116 Å². The van der Waals surface area contributed by atoms with Crippen LogP contribution in [0, 0.1) is 24.6 Å². The molecule has 1 saturated carbocycles. The lowest BCUT2D eigenvalue weighted by Crippen LogP contribution is -2.32. The summed E-state index contributed by atoms with van der Waals surface area (Å²) >= 11 is 0. The van der Waals surface area contributed by atoms with Crippen molar-refractivity contribution in [2.45, 2.75) is 104 Å². The van der Waals surface area contributed by atoms with Crippen LogP contribution in [0.4, 0.5) is 10.1 Å². The van der Waals surface area contributed by atoms with Gasteiger partial charge in [0.15, 0.2) is 0 Å². The largest absolute Gasteiger partial charge is 0.348 e. The minimum Gasteiger partial charge on any atom is -0.348 e. The van der Waals surface area contributed by atoms with Gasteiger partial charge in [-0.3, -0.25) is 9.97 Å². The first kappa shape index (κ1) is 31.1. The molecule has 1 saturated heterocycles. The second-order valence-electron chi connectivity index (χ2n) is 12.7. The molecule has 1 aromatic carbocycles. The maximum absolute atomic E-state index is 14.1. The summed E-state index contributed by atoms with van der Waals surface area (Å²) in [5, 5.41) is 0. The van der Waals surface area contributed by atoms with Gasteiger partial charge in [0.1, 0.15) is 11.7 Å². The first-order chi connectivity index (χ1) is 20.9. The molecule has 2 aliphatic rings. The first-order valence-electron chi connectivity index (χ1n) is 16.6. The highest BCUT2D eigenvalue weighted by Crippen LogP contribution is 2.47. The Morgan fingerprint density at radius 1 is 1.07 bits per heavy atom. The maximum Gasteiger partial charge on any atom is 0.144 e. The van der Waals surface area contributed by atoms with Crippen LogP contribution in [0.2, 0.25) is 0 Å². The quantitative estimate of drug-likeness (QED) is 0.168. The van der Waals surface area contributed by atoms with Gasteiger partial charge in [0.05, 0.1) is 17.9 Å². The van der Waals surface area contributed by atoms with Gasteiger partial charge in [-0.25, -0.2) is 9.38 Å². The lowest BCUT2D eigenvalue weighted by molar-refractivity contribution is 0.149. The highest BCUT2D eigenvalue weighted by molar-refractivity contribution is 6.03. The van der Waals surface area contributed by atoms with Crippen LogP contribution >= 0.6 is 0 Å². The van der Waals surface area contributed by atoms with Crippen molar-refractivity contribution in [3.63, 3.8) is 0 Å². The summed E-state index contributed by atoms with van der Waals surface area (Å²) in [7, 11) is 0. The zero-order chi connectivity index (χ0) is 30.3. The number of halogens is 1. The lowest BCUT2D eigenvalue weighted by Gasteiger charge is -2.35. The minimum absolute atomic E-state index is 0.238. The van der Waals surface area contributed by atoms with E-state index in [4.69, 9.17) is 9.98 Å². The van der Waals surface area contributed by atoms with Crippen molar-refractivity contribution in [1.29, 1.82) is 0 Å². The molecule has 2 fully saturated rings. The summed E-state index contributed by atoms with van der Waals surface area (Å²) in [5.41, 5.74) is 7.66. The first-order valence-corrected chi connectivity index (χ1v) is 16.6. The minimum atomic E-state index is -0.238. The standard InChI is InChI=1S/C38H49FN4/c1-6-10-26(4)31-16-19-35(27(5)24-31)42-38-37(33-18-15-28(33)8-3)43(38)23-21-30(11-7-2)36-13-9-12-32(41-36)17-14-29-20-22-40-25-34(29)39/h9,12-13,16,19-20,22,24-25,28,30,33,37H,4,6-8,10-11,14-15,17-18,21,23H2,1-3,5H3. The molecular weight excluding hydrogens is 531 g/mol. The summed E-state index contributed by atoms with van der Waals surface area (Å²) < 4.78 is 14.1. The Kier molecular flexibility index (Phi) is 10.4. The Bertz CT molecular complexity index is 1430. The summed E-state index contributed by atoms with van der Waals surface area (Å²) in [5.74, 6) is 2.99. The van der Waals surface area contributed by atoms with Gasteiger partial charge in [0, 0.05) is 30.0 Å². The van der Waals surface area contributed by atoms with Crippen LogP contribution in [0.5, 0.6) is 0 Å². The van der Waals surface area contributed by atoms with Gasteiger partial charge in [-0.15, -0.1) is 0 Å². The van der Waals surface area contributed by atoms with Crippen molar-refractivity contribution in [2.24, 2.45) is 16.8 Å². The third kappa shape index (κ3) is 7.42. The van der Waals surface area contributed by atoms with E-state index in [1.165, 1.54) is 53.7 Å². The van der Waals surface area contributed by atoms with Crippen LogP contribution in [-0.4, -0.2) is 33.3 Å². The van der Waals surface area contributed by atoms with Crippen LogP contribution in [-0.2, 0) is 12.8 Å². The molecule has 1 aliphatic carbocycles. The molecule has 1 aliphatic heterocycles. The summed E-state index contributed by atoms with van der Waals surface area (Å²) in [4.78, 5) is 16.8. The predicted molar refractivity (Wildman–Crippen MR) is 177 cm³/mol. The highest BCUT2D eigenvalue weighted by atomic mass is 19.1. The van der Waals surface area contributed by atoms with E-state index >= 15 is 0 Å². The second kappa shape index (κ2) is 14.4.